The lowest BCUT2D eigenvalue weighted by Crippen LogP contribution is -2.29. The number of halogens is 1. The molecule has 2 aromatic rings. The lowest BCUT2D eigenvalue weighted by Gasteiger charge is -2.16. The first-order chi connectivity index (χ1) is 12.0. The van der Waals surface area contributed by atoms with Crippen molar-refractivity contribution >= 4 is 21.4 Å². The summed E-state index contributed by atoms with van der Waals surface area (Å²) in [4.78, 5) is 0.325. The summed E-state index contributed by atoms with van der Waals surface area (Å²) in [6.45, 7) is 2.98. The Kier molecular flexibility index (Phi) is 5.21. The van der Waals surface area contributed by atoms with E-state index in [1.165, 1.54) is 0 Å². The molecule has 0 amide bonds. The highest BCUT2D eigenvalue weighted by Crippen LogP contribution is 2.63. The van der Waals surface area contributed by atoms with E-state index >= 15 is 0 Å². The molecule has 0 aliphatic heterocycles. The lowest BCUT2D eigenvalue weighted by atomic mass is 10.00. The van der Waals surface area contributed by atoms with Crippen LogP contribution < -0.4 is 5.73 Å². The van der Waals surface area contributed by atoms with E-state index in [0.29, 0.717) is 23.1 Å². The van der Waals surface area contributed by atoms with Gasteiger partial charge in [0.15, 0.2) is 9.84 Å². The summed E-state index contributed by atoms with van der Waals surface area (Å²) in [6, 6.07) is 15.9. The lowest BCUT2D eigenvalue weighted by molar-refractivity contribution is 0.101. The largest absolute Gasteiger partial charge is 0.381 e. The maximum absolute atomic E-state index is 13.2. The third kappa shape index (κ3) is 3.22. The van der Waals surface area contributed by atoms with Crippen LogP contribution in [0.4, 0.5) is 0 Å². The van der Waals surface area contributed by atoms with E-state index in [9.17, 15) is 8.42 Å². The molecule has 1 fully saturated rings. The van der Waals surface area contributed by atoms with Crippen LogP contribution in [-0.2, 0) is 14.6 Å². The van der Waals surface area contributed by atoms with Crippen molar-refractivity contribution < 1.29 is 13.2 Å². The zero-order chi connectivity index (χ0) is 18.1. The number of rotatable bonds is 7. The number of hydrogen-bond acceptors (Lipinski definition) is 4. The SMILES string of the molecule is CCOC[C@]1(CN)[C@H](c2ccc(Cl)cc2)[C@H]1S(=O)(=O)c1ccccc1. The maximum Gasteiger partial charge on any atom is 0.182 e. The molecular formula is C19H22ClNO3S. The molecule has 4 nitrogen and oxygen atoms in total. The molecule has 6 heteroatoms. The molecule has 0 saturated heterocycles. The smallest absolute Gasteiger partial charge is 0.182 e. The summed E-state index contributed by atoms with van der Waals surface area (Å²) in [5.41, 5.74) is 6.38. The summed E-state index contributed by atoms with van der Waals surface area (Å²) in [5.74, 6) is -0.202. The average Bonchev–Trinajstić information content (AvgIpc) is 3.31. The molecule has 1 aliphatic rings. The molecule has 0 bridgehead atoms. The standard InChI is InChI=1S/C19H22ClNO3S/c1-2-24-13-19(12-21)17(14-8-10-15(20)11-9-14)18(19)25(22,23)16-6-4-3-5-7-16/h3-11,17-18H,2,12-13,21H2,1H3/t17-,18-,19-/m1/s1. The zero-order valence-electron chi connectivity index (χ0n) is 14.1. The Labute approximate surface area is 153 Å². The molecule has 0 unspecified atom stereocenters. The monoisotopic (exact) mass is 379 g/mol. The molecule has 1 saturated carbocycles. The molecule has 2 N–H and O–H groups in total. The van der Waals surface area contributed by atoms with Gasteiger partial charge in [-0.15, -0.1) is 0 Å². The number of sulfone groups is 1. The van der Waals surface area contributed by atoms with E-state index in [0.717, 1.165) is 5.56 Å². The van der Waals surface area contributed by atoms with Crippen LogP contribution in [0, 0.1) is 5.41 Å². The van der Waals surface area contributed by atoms with Gasteiger partial charge in [-0.3, -0.25) is 0 Å². The fourth-order valence-corrected chi connectivity index (χ4v) is 6.23. The summed E-state index contributed by atoms with van der Waals surface area (Å²) < 4.78 is 32.1. The normalized spacial score (nSPS) is 25.7. The molecule has 1 aliphatic carbocycles. The predicted octanol–water partition coefficient (Wildman–Crippen LogP) is 3.26. The molecule has 134 valence electrons. The van der Waals surface area contributed by atoms with Gasteiger partial charge in [0.05, 0.1) is 16.8 Å². The van der Waals surface area contributed by atoms with Crippen LogP contribution in [0.25, 0.3) is 0 Å². The summed E-state index contributed by atoms with van der Waals surface area (Å²) in [5, 5.41) is 0.0233. The van der Waals surface area contributed by atoms with E-state index in [-0.39, 0.29) is 12.5 Å². The second kappa shape index (κ2) is 7.08. The van der Waals surface area contributed by atoms with Crippen molar-refractivity contribution in [3.8, 4) is 0 Å². The van der Waals surface area contributed by atoms with Crippen molar-refractivity contribution in [3.63, 3.8) is 0 Å². The number of hydrogen-bond donors (Lipinski definition) is 1. The van der Waals surface area contributed by atoms with Crippen molar-refractivity contribution in [2.45, 2.75) is 23.0 Å². The average molecular weight is 380 g/mol. The Hall–Kier alpha value is -1.40. The van der Waals surface area contributed by atoms with E-state index in [1.807, 2.05) is 19.1 Å². The molecule has 3 rings (SSSR count). The first-order valence-corrected chi connectivity index (χ1v) is 10.2. The van der Waals surface area contributed by atoms with Crippen LogP contribution in [0.1, 0.15) is 18.4 Å². The number of nitrogens with two attached hydrogens (primary N) is 1. The predicted molar refractivity (Wildman–Crippen MR) is 99.6 cm³/mol. The van der Waals surface area contributed by atoms with E-state index in [1.54, 1.807) is 42.5 Å². The fraction of sp³-hybridized carbons (Fsp3) is 0.368. The van der Waals surface area contributed by atoms with Crippen LogP contribution in [0.5, 0.6) is 0 Å². The Bertz CT molecular complexity index is 824. The number of ether oxygens (including phenoxy) is 1. The summed E-state index contributed by atoms with van der Waals surface area (Å²) in [6.07, 6.45) is 0. The van der Waals surface area contributed by atoms with Crippen molar-refractivity contribution in [2.75, 3.05) is 19.8 Å². The van der Waals surface area contributed by atoms with E-state index < -0.39 is 20.5 Å². The van der Waals surface area contributed by atoms with Gasteiger partial charge in [0, 0.05) is 29.5 Å². The molecular weight excluding hydrogens is 358 g/mol. The molecule has 0 spiro atoms. The number of benzene rings is 2. The minimum absolute atomic E-state index is 0.202. The van der Waals surface area contributed by atoms with Gasteiger partial charge < -0.3 is 10.5 Å². The molecule has 0 radical (unpaired) electrons. The van der Waals surface area contributed by atoms with Gasteiger partial charge in [0.25, 0.3) is 0 Å². The van der Waals surface area contributed by atoms with Gasteiger partial charge in [-0.1, -0.05) is 41.9 Å². The van der Waals surface area contributed by atoms with Crippen molar-refractivity contribution in [1.29, 1.82) is 0 Å². The highest BCUT2D eigenvalue weighted by atomic mass is 35.5. The second-order valence-corrected chi connectivity index (χ2v) is 8.89. The zero-order valence-corrected chi connectivity index (χ0v) is 15.6. The first-order valence-electron chi connectivity index (χ1n) is 8.29. The minimum Gasteiger partial charge on any atom is -0.381 e. The van der Waals surface area contributed by atoms with Crippen molar-refractivity contribution in [1.82, 2.24) is 0 Å². The Morgan fingerprint density at radius 2 is 1.76 bits per heavy atom. The second-order valence-electron chi connectivity index (χ2n) is 6.38. The van der Waals surface area contributed by atoms with Crippen molar-refractivity contribution in [2.24, 2.45) is 11.1 Å². The fourth-order valence-electron chi connectivity index (χ4n) is 3.64. The Morgan fingerprint density at radius 3 is 2.32 bits per heavy atom. The highest BCUT2D eigenvalue weighted by Gasteiger charge is 2.70. The van der Waals surface area contributed by atoms with Gasteiger partial charge >= 0.3 is 0 Å². The van der Waals surface area contributed by atoms with Crippen LogP contribution in [0.2, 0.25) is 5.02 Å². The quantitative estimate of drug-likeness (QED) is 0.801. The summed E-state index contributed by atoms with van der Waals surface area (Å²) >= 11 is 5.98. The third-order valence-electron chi connectivity index (χ3n) is 4.97. The van der Waals surface area contributed by atoms with Gasteiger partial charge in [-0.2, -0.15) is 0 Å². The first kappa shape index (κ1) is 18.4. The van der Waals surface area contributed by atoms with Gasteiger partial charge in [0.1, 0.15) is 0 Å². The Balaban J connectivity index is 2.04. The van der Waals surface area contributed by atoms with Gasteiger partial charge in [-0.25, -0.2) is 8.42 Å². The van der Waals surface area contributed by atoms with E-state index in [4.69, 9.17) is 22.1 Å². The van der Waals surface area contributed by atoms with Crippen LogP contribution in [-0.4, -0.2) is 33.4 Å². The third-order valence-corrected chi connectivity index (χ3v) is 7.56. The maximum atomic E-state index is 13.2. The molecule has 0 heterocycles. The minimum atomic E-state index is -3.52. The van der Waals surface area contributed by atoms with Crippen LogP contribution in [0.3, 0.4) is 0 Å². The van der Waals surface area contributed by atoms with Gasteiger partial charge in [-0.05, 0) is 36.8 Å². The van der Waals surface area contributed by atoms with Gasteiger partial charge in [0.2, 0.25) is 0 Å². The van der Waals surface area contributed by atoms with E-state index in [2.05, 4.69) is 0 Å². The molecule has 3 atom stereocenters. The van der Waals surface area contributed by atoms with Crippen molar-refractivity contribution in [3.05, 3.63) is 65.2 Å². The highest BCUT2D eigenvalue weighted by molar-refractivity contribution is 7.92. The van der Waals surface area contributed by atoms with Crippen LogP contribution in [0.15, 0.2) is 59.5 Å². The topological polar surface area (TPSA) is 69.4 Å². The molecule has 0 aromatic heterocycles. The Morgan fingerprint density at radius 1 is 1.12 bits per heavy atom. The van der Waals surface area contributed by atoms with Crippen LogP contribution >= 0.6 is 11.6 Å². The summed E-state index contributed by atoms with van der Waals surface area (Å²) in [7, 11) is -3.52. The molecule has 25 heavy (non-hydrogen) atoms. The molecule has 2 aromatic carbocycles.